The maximum Gasteiger partial charge on any atom is 0.303 e. The number of rotatable bonds is 5. The zero-order valence-electron chi connectivity index (χ0n) is 11.3. The molecular formula is C15H14BrNO4. The van der Waals surface area contributed by atoms with E-state index >= 15 is 0 Å². The Morgan fingerprint density at radius 3 is 2.43 bits per heavy atom. The van der Waals surface area contributed by atoms with Crippen molar-refractivity contribution >= 4 is 33.5 Å². The van der Waals surface area contributed by atoms with Gasteiger partial charge in [-0.15, -0.1) is 0 Å². The highest BCUT2D eigenvalue weighted by atomic mass is 79.9. The number of furan rings is 1. The lowest BCUT2D eigenvalue weighted by atomic mass is 9.98. The summed E-state index contributed by atoms with van der Waals surface area (Å²) in [6.07, 6.45) is 0.0755. The van der Waals surface area contributed by atoms with Crippen LogP contribution in [-0.4, -0.2) is 17.0 Å². The first kappa shape index (κ1) is 15.3. The number of carboxylic acid groups (broad SMARTS) is 1. The van der Waals surface area contributed by atoms with Crippen molar-refractivity contribution in [1.82, 2.24) is 0 Å². The minimum absolute atomic E-state index is 0.0755. The predicted octanol–water partition coefficient (Wildman–Crippen LogP) is 3.87. The monoisotopic (exact) mass is 351 g/mol. The molecule has 5 nitrogen and oxygen atoms in total. The van der Waals surface area contributed by atoms with Crippen LogP contribution in [0.4, 0.5) is 5.69 Å². The van der Waals surface area contributed by atoms with Crippen molar-refractivity contribution in [3.63, 3.8) is 0 Å². The van der Waals surface area contributed by atoms with Crippen molar-refractivity contribution in [2.45, 2.75) is 19.3 Å². The number of amides is 1. The van der Waals surface area contributed by atoms with E-state index in [9.17, 15) is 9.59 Å². The Morgan fingerprint density at radius 2 is 1.90 bits per heavy atom. The average Bonchev–Trinajstić information content (AvgIpc) is 2.85. The molecule has 1 aromatic carbocycles. The molecule has 0 fully saturated rings. The number of halogens is 1. The van der Waals surface area contributed by atoms with E-state index in [2.05, 4.69) is 21.2 Å². The topological polar surface area (TPSA) is 79.5 Å². The highest BCUT2D eigenvalue weighted by Crippen LogP contribution is 2.21. The van der Waals surface area contributed by atoms with Gasteiger partial charge in [-0.05, 0) is 51.7 Å². The van der Waals surface area contributed by atoms with Gasteiger partial charge in [0.15, 0.2) is 10.4 Å². The van der Waals surface area contributed by atoms with Crippen LogP contribution in [-0.2, 0) is 4.79 Å². The van der Waals surface area contributed by atoms with Crippen LogP contribution in [0.1, 0.15) is 35.4 Å². The number of carbonyl (C=O) groups excluding carboxylic acids is 1. The summed E-state index contributed by atoms with van der Waals surface area (Å²) in [5.41, 5.74) is 1.54. The lowest BCUT2D eigenvalue weighted by Crippen LogP contribution is -2.11. The number of carbonyl (C=O) groups is 2. The molecule has 2 aromatic rings. The van der Waals surface area contributed by atoms with Gasteiger partial charge in [-0.3, -0.25) is 9.59 Å². The molecule has 6 heteroatoms. The Morgan fingerprint density at radius 1 is 1.24 bits per heavy atom. The third-order valence-corrected chi connectivity index (χ3v) is 3.44. The molecule has 1 aromatic heterocycles. The number of nitrogens with one attached hydrogen (secondary N) is 1. The van der Waals surface area contributed by atoms with Crippen LogP contribution in [0.2, 0.25) is 0 Å². The SMILES string of the molecule is CC(CC(=O)O)c1ccc(NC(=O)c2ccc(Br)o2)cc1. The first-order valence-corrected chi connectivity index (χ1v) is 7.13. The zero-order valence-corrected chi connectivity index (χ0v) is 12.9. The molecule has 0 aliphatic heterocycles. The van der Waals surface area contributed by atoms with Gasteiger partial charge in [0, 0.05) is 5.69 Å². The number of benzene rings is 1. The van der Waals surface area contributed by atoms with E-state index in [-0.39, 0.29) is 24.0 Å². The number of anilines is 1. The van der Waals surface area contributed by atoms with Gasteiger partial charge in [-0.2, -0.15) is 0 Å². The maximum atomic E-state index is 11.9. The van der Waals surface area contributed by atoms with Crippen molar-refractivity contribution < 1.29 is 19.1 Å². The fourth-order valence-electron chi connectivity index (χ4n) is 1.90. The van der Waals surface area contributed by atoms with Crippen molar-refractivity contribution in [3.8, 4) is 0 Å². The fourth-order valence-corrected chi connectivity index (χ4v) is 2.21. The van der Waals surface area contributed by atoms with Crippen LogP contribution < -0.4 is 5.32 Å². The number of carboxylic acids is 1. The first-order chi connectivity index (χ1) is 9.95. The van der Waals surface area contributed by atoms with Gasteiger partial charge in [0.05, 0.1) is 6.42 Å². The van der Waals surface area contributed by atoms with Gasteiger partial charge in [0.1, 0.15) is 0 Å². The van der Waals surface area contributed by atoms with E-state index < -0.39 is 5.97 Å². The minimum atomic E-state index is -0.830. The van der Waals surface area contributed by atoms with Gasteiger partial charge in [0.25, 0.3) is 5.91 Å². The molecule has 1 unspecified atom stereocenters. The van der Waals surface area contributed by atoms with E-state index in [0.29, 0.717) is 10.4 Å². The second kappa shape index (κ2) is 6.58. The summed E-state index contributed by atoms with van der Waals surface area (Å²) in [5, 5.41) is 11.5. The molecule has 21 heavy (non-hydrogen) atoms. The lowest BCUT2D eigenvalue weighted by Gasteiger charge is -2.10. The molecule has 0 spiro atoms. The van der Waals surface area contributed by atoms with Gasteiger partial charge in [-0.1, -0.05) is 19.1 Å². The largest absolute Gasteiger partial charge is 0.481 e. The van der Waals surface area contributed by atoms with Crippen LogP contribution in [0.3, 0.4) is 0 Å². The summed E-state index contributed by atoms with van der Waals surface area (Å²) in [5.74, 6) is -1.03. The Bertz CT molecular complexity index is 648. The molecule has 1 heterocycles. The molecule has 1 atom stereocenters. The van der Waals surface area contributed by atoms with Crippen LogP contribution in [0.25, 0.3) is 0 Å². The molecule has 0 aliphatic rings. The first-order valence-electron chi connectivity index (χ1n) is 6.34. The molecule has 0 radical (unpaired) electrons. The molecule has 0 bridgehead atoms. The average molecular weight is 352 g/mol. The Kier molecular flexibility index (Phi) is 4.80. The highest BCUT2D eigenvalue weighted by molar-refractivity contribution is 9.10. The Hall–Kier alpha value is -2.08. The summed E-state index contributed by atoms with van der Waals surface area (Å²) in [4.78, 5) is 22.6. The van der Waals surface area contributed by atoms with E-state index in [4.69, 9.17) is 9.52 Å². The van der Waals surface area contributed by atoms with Gasteiger partial charge in [0.2, 0.25) is 0 Å². The van der Waals surface area contributed by atoms with E-state index in [1.54, 1.807) is 36.4 Å². The molecular weight excluding hydrogens is 338 g/mol. The summed E-state index contributed by atoms with van der Waals surface area (Å²) in [6.45, 7) is 1.85. The minimum Gasteiger partial charge on any atom is -0.481 e. The predicted molar refractivity (Wildman–Crippen MR) is 81.5 cm³/mol. The molecule has 0 saturated heterocycles. The molecule has 0 saturated carbocycles. The summed E-state index contributed by atoms with van der Waals surface area (Å²) >= 11 is 3.14. The lowest BCUT2D eigenvalue weighted by molar-refractivity contribution is -0.137. The van der Waals surface area contributed by atoms with Gasteiger partial charge in [-0.25, -0.2) is 0 Å². The van der Waals surface area contributed by atoms with Crippen molar-refractivity contribution in [2.24, 2.45) is 0 Å². The Balaban J connectivity index is 2.02. The number of hydrogen-bond acceptors (Lipinski definition) is 3. The van der Waals surface area contributed by atoms with Crippen molar-refractivity contribution in [2.75, 3.05) is 5.32 Å². The number of hydrogen-bond donors (Lipinski definition) is 2. The third-order valence-electron chi connectivity index (χ3n) is 3.02. The molecule has 2 N–H and O–H groups in total. The summed E-state index contributed by atoms with van der Waals surface area (Å²) in [7, 11) is 0. The fraction of sp³-hybridized carbons (Fsp3) is 0.200. The molecule has 110 valence electrons. The third kappa shape index (κ3) is 4.19. The molecule has 2 rings (SSSR count). The smallest absolute Gasteiger partial charge is 0.303 e. The van der Waals surface area contributed by atoms with Crippen molar-refractivity contribution in [1.29, 1.82) is 0 Å². The van der Waals surface area contributed by atoms with E-state index in [1.165, 1.54) is 0 Å². The summed E-state index contributed by atoms with van der Waals surface area (Å²) in [6, 6.07) is 10.3. The van der Waals surface area contributed by atoms with Crippen LogP contribution in [0, 0.1) is 0 Å². The van der Waals surface area contributed by atoms with Crippen LogP contribution >= 0.6 is 15.9 Å². The van der Waals surface area contributed by atoms with Crippen molar-refractivity contribution in [3.05, 3.63) is 52.4 Å². The standard InChI is InChI=1S/C15H14BrNO4/c1-9(8-14(18)19)10-2-4-11(5-3-10)17-15(20)12-6-7-13(16)21-12/h2-7,9H,8H2,1H3,(H,17,20)(H,18,19). The van der Waals surface area contributed by atoms with Gasteiger partial charge >= 0.3 is 5.97 Å². The highest BCUT2D eigenvalue weighted by Gasteiger charge is 2.12. The van der Waals surface area contributed by atoms with E-state index in [0.717, 1.165) is 5.56 Å². The normalized spacial score (nSPS) is 11.9. The number of aliphatic carboxylic acids is 1. The second-order valence-electron chi connectivity index (χ2n) is 4.68. The van der Waals surface area contributed by atoms with Crippen LogP contribution in [0.15, 0.2) is 45.5 Å². The van der Waals surface area contributed by atoms with Crippen LogP contribution in [0.5, 0.6) is 0 Å². The Labute approximate surface area is 130 Å². The zero-order chi connectivity index (χ0) is 15.4. The molecule has 0 aliphatic carbocycles. The summed E-state index contributed by atoms with van der Waals surface area (Å²) < 4.78 is 5.65. The second-order valence-corrected chi connectivity index (χ2v) is 5.46. The maximum absolute atomic E-state index is 11.9. The molecule has 1 amide bonds. The quantitative estimate of drug-likeness (QED) is 0.856. The van der Waals surface area contributed by atoms with E-state index in [1.807, 2.05) is 6.92 Å². The van der Waals surface area contributed by atoms with Gasteiger partial charge < -0.3 is 14.8 Å².